The van der Waals surface area contributed by atoms with Crippen molar-refractivity contribution in [2.45, 2.75) is 5.51 Å². The molecule has 0 aliphatic carbocycles. The fraction of sp³-hybridized carbons (Fsp3) is 0.200. The van der Waals surface area contributed by atoms with Crippen LogP contribution in [0.25, 0.3) is 0 Å². The third-order valence-electron chi connectivity index (χ3n) is 0.832. The summed E-state index contributed by atoms with van der Waals surface area (Å²) in [5.74, 6) is 0. The first kappa shape index (κ1) is 14.1. The SMILES string of the molecule is Clc1cccnn1.O=S(=O)(O)C(F)(F)F. The summed E-state index contributed by atoms with van der Waals surface area (Å²) >= 11 is 5.37. The van der Waals surface area contributed by atoms with Gasteiger partial charge in [-0.3, -0.25) is 4.55 Å². The van der Waals surface area contributed by atoms with Crippen LogP contribution in [0.15, 0.2) is 18.3 Å². The van der Waals surface area contributed by atoms with Crippen molar-refractivity contribution in [1.29, 1.82) is 0 Å². The molecule has 0 unspecified atom stereocenters. The third kappa shape index (κ3) is 6.20. The molecule has 0 aliphatic rings. The van der Waals surface area contributed by atoms with Crippen molar-refractivity contribution in [2.24, 2.45) is 0 Å². The molecule has 1 rings (SSSR count). The fourth-order valence-corrected chi connectivity index (χ4v) is 0.399. The van der Waals surface area contributed by atoms with E-state index in [1.165, 1.54) is 0 Å². The van der Waals surface area contributed by atoms with Crippen molar-refractivity contribution < 1.29 is 26.1 Å². The lowest BCUT2D eigenvalue weighted by Gasteiger charge is -1.97. The summed E-state index contributed by atoms with van der Waals surface area (Å²) in [7, 11) is -5.84. The molecule has 1 N–H and O–H groups in total. The van der Waals surface area contributed by atoms with Crippen LogP contribution in [0.1, 0.15) is 0 Å². The topological polar surface area (TPSA) is 80.2 Å². The average molecular weight is 265 g/mol. The summed E-state index contributed by atoms with van der Waals surface area (Å²) in [4.78, 5) is 0. The lowest BCUT2D eigenvalue weighted by Crippen LogP contribution is -2.21. The maximum absolute atomic E-state index is 10.7. The maximum atomic E-state index is 10.7. The monoisotopic (exact) mass is 264 g/mol. The zero-order valence-electron chi connectivity index (χ0n) is 6.81. The Balaban J connectivity index is 0.000000262. The zero-order valence-corrected chi connectivity index (χ0v) is 8.38. The maximum Gasteiger partial charge on any atom is 0.522 e. The molecule has 1 aromatic rings. The molecule has 0 radical (unpaired) electrons. The van der Waals surface area contributed by atoms with Crippen molar-refractivity contribution in [3.8, 4) is 0 Å². The van der Waals surface area contributed by atoms with Gasteiger partial charge in [0.25, 0.3) is 0 Å². The van der Waals surface area contributed by atoms with Gasteiger partial charge in [0.05, 0.1) is 0 Å². The molecular weight excluding hydrogens is 261 g/mol. The number of alkyl halides is 3. The largest absolute Gasteiger partial charge is 0.522 e. The van der Waals surface area contributed by atoms with Gasteiger partial charge in [0, 0.05) is 6.20 Å². The van der Waals surface area contributed by atoms with E-state index in [1.807, 2.05) is 0 Å². The lowest BCUT2D eigenvalue weighted by molar-refractivity contribution is -0.0510. The minimum atomic E-state index is -5.84. The minimum Gasteiger partial charge on any atom is -0.279 e. The van der Waals surface area contributed by atoms with E-state index < -0.39 is 15.6 Å². The van der Waals surface area contributed by atoms with Crippen molar-refractivity contribution in [2.75, 3.05) is 0 Å². The Labute approximate surface area is 87.6 Å². The normalized spacial score (nSPS) is 11.5. The van der Waals surface area contributed by atoms with Gasteiger partial charge in [0.2, 0.25) is 0 Å². The van der Waals surface area contributed by atoms with Gasteiger partial charge in [-0.05, 0) is 12.1 Å². The molecule has 1 heterocycles. The Hall–Kier alpha value is -0.930. The molecule has 10 heteroatoms. The van der Waals surface area contributed by atoms with E-state index in [0.717, 1.165) is 0 Å². The van der Waals surface area contributed by atoms with E-state index >= 15 is 0 Å². The van der Waals surface area contributed by atoms with Crippen LogP contribution in [-0.2, 0) is 10.1 Å². The Bertz CT molecular complexity index is 394. The summed E-state index contributed by atoms with van der Waals surface area (Å²) in [6.07, 6.45) is 1.58. The summed E-state index contributed by atoms with van der Waals surface area (Å²) in [5.41, 5.74) is -5.53. The summed E-state index contributed by atoms with van der Waals surface area (Å²) in [5, 5.41) is 7.43. The third-order valence-corrected chi connectivity index (χ3v) is 1.62. The van der Waals surface area contributed by atoms with Crippen LogP contribution in [0.3, 0.4) is 0 Å². The first-order valence-electron chi connectivity index (χ1n) is 3.11. The molecule has 86 valence electrons. The van der Waals surface area contributed by atoms with E-state index in [9.17, 15) is 13.2 Å². The highest BCUT2D eigenvalue weighted by Crippen LogP contribution is 2.20. The first-order valence-corrected chi connectivity index (χ1v) is 4.93. The van der Waals surface area contributed by atoms with Crippen molar-refractivity contribution in [3.05, 3.63) is 23.5 Å². The average Bonchev–Trinajstić information content (AvgIpc) is 2.02. The molecule has 0 amide bonds. The Morgan fingerprint density at radius 2 is 1.87 bits per heavy atom. The second-order valence-corrected chi connectivity index (χ2v) is 3.77. The fourth-order valence-electron chi connectivity index (χ4n) is 0.283. The van der Waals surface area contributed by atoms with Gasteiger partial charge in [-0.15, -0.1) is 5.10 Å². The van der Waals surface area contributed by atoms with E-state index in [2.05, 4.69) is 10.2 Å². The molecule has 5 nitrogen and oxygen atoms in total. The van der Waals surface area contributed by atoms with Gasteiger partial charge in [-0.25, -0.2) is 0 Å². The summed E-state index contributed by atoms with van der Waals surface area (Å²) in [6, 6.07) is 3.41. The van der Waals surface area contributed by atoms with Crippen molar-refractivity contribution >= 4 is 21.7 Å². The number of aromatic nitrogens is 2. The number of rotatable bonds is 0. The number of halogens is 4. The minimum absolute atomic E-state index is 0.433. The van der Waals surface area contributed by atoms with Gasteiger partial charge >= 0.3 is 15.6 Å². The van der Waals surface area contributed by atoms with Crippen LogP contribution in [0.4, 0.5) is 13.2 Å². The van der Waals surface area contributed by atoms with Crippen LogP contribution in [-0.4, -0.2) is 28.7 Å². The van der Waals surface area contributed by atoms with Crippen molar-refractivity contribution in [1.82, 2.24) is 10.2 Å². The van der Waals surface area contributed by atoms with Crippen LogP contribution in [0, 0.1) is 0 Å². The number of hydrogen-bond donors (Lipinski definition) is 1. The number of hydrogen-bond acceptors (Lipinski definition) is 4. The smallest absolute Gasteiger partial charge is 0.279 e. The molecule has 0 saturated heterocycles. The second kappa shape index (κ2) is 5.24. The van der Waals surface area contributed by atoms with Crippen LogP contribution in [0.5, 0.6) is 0 Å². The standard InChI is InChI=1S/C4H3ClN2.CHF3O3S/c5-4-2-1-3-6-7-4;2-1(3,4)8(5,6)7/h1-3H;(H,5,6,7). The summed E-state index contributed by atoms with van der Waals surface area (Å²) < 4.78 is 57.5. The molecule has 0 saturated carbocycles. The van der Waals surface area contributed by atoms with E-state index in [4.69, 9.17) is 24.6 Å². The molecule has 0 atom stereocenters. The van der Waals surface area contributed by atoms with Crippen LogP contribution >= 0.6 is 11.6 Å². The Kier molecular flexibility index (Phi) is 4.91. The molecule has 0 aromatic carbocycles. The predicted octanol–water partition coefficient (Wildman–Crippen LogP) is 1.52. The van der Waals surface area contributed by atoms with E-state index in [0.29, 0.717) is 5.15 Å². The van der Waals surface area contributed by atoms with Gasteiger partial charge in [0.1, 0.15) is 0 Å². The molecule has 0 fully saturated rings. The van der Waals surface area contributed by atoms with Crippen LogP contribution < -0.4 is 0 Å². The Morgan fingerprint density at radius 1 is 1.40 bits per heavy atom. The highest BCUT2D eigenvalue weighted by Gasteiger charge is 2.44. The molecule has 0 aliphatic heterocycles. The molecule has 15 heavy (non-hydrogen) atoms. The zero-order chi connectivity index (χ0) is 12.1. The van der Waals surface area contributed by atoms with E-state index in [-0.39, 0.29) is 0 Å². The molecule has 0 bridgehead atoms. The van der Waals surface area contributed by atoms with Crippen molar-refractivity contribution in [3.63, 3.8) is 0 Å². The van der Waals surface area contributed by atoms with Gasteiger partial charge in [-0.1, -0.05) is 11.6 Å². The molecule has 0 spiro atoms. The second-order valence-electron chi connectivity index (χ2n) is 1.97. The van der Waals surface area contributed by atoms with Gasteiger partial charge in [0.15, 0.2) is 5.15 Å². The Morgan fingerprint density at radius 3 is 2.00 bits per heavy atom. The van der Waals surface area contributed by atoms with E-state index in [1.54, 1.807) is 18.3 Å². The molecule has 1 aromatic heterocycles. The number of nitrogens with zero attached hydrogens (tertiary/aromatic N) is 2. The molecular formula is C5H4ClF3N2O3S. The quantitative estimate of drug-likeness (QED) is 0.568. The predicted molar refractivity (Wildman–Crippen MR) is 44.6 cm³/mol. The highest BCUT2D eigenvalue weighted by atomic mass is 35.5. The lowest BCUT2D eigenvalue weighted by atomic mass is 10.6. The highest BCUT2D eigenvalue weighted by molar-refractivity contribution is 7.86. The first-order chi connectivity index (χ1) is 6.64. The van der Waals surface area contributed by atoms with Gasteiger partial charge < -0.3 is 0 Å². The van der Waals surface area contributed by atoms with Gasteiger partial charge in [-0.2, -0.15) is 26.7 Å². The summed E-state index contributed by atoms with van der Waals surface area (Å²) in [6.45, 7) is 0. The van der Waals surface area contributed by atoms with Crippen LogP contribution in [0.2, 0.25) is 5.15 Å².